The zero-order chi connectivity index (χ0) is 26.6. The molecule has 198 valence electrons. The summed E-state index contributed by atoms with van der Waals surface area (Å²) in [6.45, 7) is 4.02. The number of piperidine rings is 1. The van der Waals surface area contributed by atoms with Gasteiger partial charge in [0.25, 0.3) is 0 Å². The van der Waals surface area contributed by atoms with Gasteiger partial charge >= 0.3 is 18.0 Å². The van der Waals surface area contributed by atoms with Gasteiger partial charge in [-0.15, -0.1) is 0 Å². The maximum Gasteiger partial charge on any atom is 0.410 e. The van der Waals surface area contributed by atoms with E-state index < -0.39 is 11.9 Å². The summed E-state index contributed by atoms with van der Waals surface area (Å²) in [4.78, 5) is 36.4. The first-order valence-corrected chi connectivity index (χ1v) is 13.2. The van der Waals surface area contributed by atoms with Gasteiger partial charge in [-0.1, -0.05) is 70.9 Å². The Bertz CT molecular complexity index is 1060. The van der Waals surface area contributed by atoms with E-state index in [9.17, 15) is 14.4 Å². The molecule has 0 spiro atoms. The number of aliphatic carboxylic acids is 2. The Kier molecular flexibility index (Phi) is 11.2. The molecule has 4 rings (SSSR count). The minimum absolute atomic E-state index is 0.0647. The quantitative estimate of drug-likeness (QED) is 0.400. The molecule has 37 heavy (non-hydrogen) atoms. The molecule has 0 radical (unpaired) electrons. The minimum Gasteiger partial charge on any atom is -0.478 e. The first kappa shape index (κ1) is 28.4. The summed E-state index contributed by atoms with van der Waals surface area (Å²) in [5.41, 5.74) is 2.37. The summed E-state index contributed by atoms with van der Waals surface area (Å²) in [6, 6.07) is 18.6. The molecule has 0 aromatic heterocycles. The molecule has 2 saturated heterocycles. The summed E-state index contributed by atoms with van der Waals surface area (Å²) in [7, 11) is 0. The molecule has 2 N–H and O–H groups in total. The highest BCUT2D eigenvalue weighted by molar-refractivity contribution is 9.10. The third-order valence-corrected chi connectivity index (χ3v) is 7.18. The molecule has 0 bridgehead atoms. The molecular formula is C28H33BrN2O6. The van der Waals surface area contributed by atoms with Crippen molar-refractivity contribution < 1.29 is 29.3 Å². The molecule has 2 aliphatic heterocycles. The second-order valence-corrected chi connectivity index (χ2v) is 9.94. The molecule has 8 nitrogen and oxygen atoms in total. The number of carbonyl (C=O) groups is 3. The molecule has 1 amide bonds. The van der Waals surface area contributed by atoms with Crippen LogP contribution < -0.4 is 0 Å². The van der Waals surface area contributed by atoms with Gasteiger partial charge < -0.3 is 19.8 Å². The molecule has 0 aliphatic carbocycles. The summed E-state index contributed by atoms with van der Waals surface area (Å²) in [6.07, 6.45) is 6.42. The van der Waals surface area contributed by atoms with Crippen LogP contribution in [0.1, 0.15) is 42.9 Å². The fraction of sp³-hybridized carbons (Fsp3) is 0.393. The van der Waals surface area contributed by atoms with Crippen LogP contribution in [0, 0.1) is 0 Å². The Balaban J connectivity index is 0.000000414. The van der Waals surface area contributed by atoms with Gasteiger partial charge in [0, 0.05) is 29.6 Å². The lowest BCUT2D eigenvalue weighted by Crippen LogP contribution is -2.36. The Morgan fingerprint density at radius 3 is 2.22 bits per heavy atom. The number of carbonyl (C=O) groups excluding carboxylic acids is 1. The second-order valence-electron chi connectivity index (χ2n) is 9.08. The Hall–Kier alpha value is -3.17. The van der Waals surface area contributed by atoms with Gasteiger partial charge in [-0.2, -0.15) is 0 Å². The van der Waals surface area contributed by atoms with E-state index in [1.54, 1.807) is 0 Å². The highest BCUT2D eigenvalue weighted by Gasteiger charge is 2.37. The molecule has 2 heterocycles. The van der Waals surface area contributed by atoms with Crippen molar-refractivity contribution in [1.29, 1.82) is 0 Å². The van der Waals surface area contributed by atoms with E-state index >= 15 is 0 Å². The van der Waals surface area contributed by atoms with Crippen molar-refractivity contribution in [2.75, 3.05) is 26.2 Å². The number of halogens is 1. The number of nitrogens with zero attached hydrogens (tertiary/aromatic N) is 2. The van der Waals surface area contributed by atoms with Crippen LogP contribution in [0.15, 0.2) is 71.2 Å². The Morgan fingerprint density at radius 2 is 1.59 bits per heavy atom. The van der Waals surface area contributed by atoms with Gasteiger partial charge in [0.1, 0.15) is 6.10 Å². The zero-order valence-corrected chi connectivity index (χ0v) is 22.3. The molecular weight excluding hydrogens is 540 g/mol. The van der Waals surface area contributed by atoms with E-state index in [-0.39, 0.29) is 18.2 Å². The van der Waals surface area contributed by atoms with Gasteiger partial charge in [0.05, 0.1) is 12.6 Å². The molecule has 2 fully saturated rings. The largest absolute Gasteiger partial charge is 0.478 e. The molecule has 9 heteroatoms. The molecule has 2 unspecified atom stereocenters. The monoisotopic (exact) mass is 572 g/mol. The van der Waals surface area contributed by atoms with Crippen LogP contribution in [0.2, 0.25) is 0 Å². The molecule has 2 atom stereocenters. The Morgan fingerprint density at radius 1 is 0.973 bits per heavy atom. The maximum atomic E-state index is 12.8. The highest BCUT2D eigenvalue weighted by atomic mass is 79.9. The predicted molar refractivity (Wildman–Crippen MR) is 143 cm³/mol. The summed E-state index contributed by atoms with van der Waals surface area (Å²) < 4.78 is 6.85. The van der Waals surface area contributed by atoms with Gasteiger partial charge in [-0.05, 0) is 49.5 Å². The number of cyclic esters (lactones) is 1. The third-order valence-electron chi connectivity index (χ3n) is 6.40. The van der Waals surface area contributed by atoms with Crippen LogP contribution in [0.25, 0.3) is 0 Å². The van der Waals surface area contributed by atoms with Gasteiger partial charge in [-0.3, -0.25) is 4.90 Å². The smallest absolute Gasteiger partial charge is 0.410 e. The summed E-state index contributed by atoms with van der Waals surface area (Å²) >= 11 is 3.61. The topological polar surface area (TPSA) is 107 Å². The summed E-state index contributed by atoms with van der Waals surface area (Å²) in [5.74, 6) is -2.51. The van der Waals surface area contributed by atoms with Crippen LogP contribution in [-0.2, 0) is 20.7 Å². The first-order valence-electron chi connectivity index (χ1n) is 12.5. The van der Waals surface area contributed by atoms with Gasteiger partial charge in [-0.25, -0.2) is 14.4 Å². The second kappa shape index (κ2) is 14.5. The van der Waals surface area contributed by atoms with E-state index in [2.05, 4.69) is 51.2 Å². The third kappa shape index (κ3) is 9.33. The van der Waals surface area contributed by atoms with Gasteiger partial charge in [0.2, 0.25) is 0 Å². The number of hydrogen-bond donors (Lipinski definition) is 2. The average molecular weight is 573 g/mol. The fourth-order valence-electron chi connectivity index (χ4n) is 4.62. The normalized spacial score (nSPS) is 18.7. The number of rotatable bonds is 9. The van der Waals surface area contributed by atoms with Crippen molar-refractivity contribution in [3.8, 4) is 0 Å². The standard InChI is InChI=1S/C24H29BrN2O2.C4H4O4/c25-22-12-6-5-11-20(22)17-21-18-27(24(28)29-21)23(19-9-3-1-4-10-19)13-16-26-14-7-2-8-15-26;5-3(6)1-2-4(7)8/h1,3-6,9-12,21,23H,2,7-8,13-18H2;1-2H,(H,5,6)(H,7,8). The number of carboxylic acid groups (broad SMARTS) is 2. The van der Waals surface area contributed by atoms with Crippen LogP contribution in [0.4, 0.5) is 4.79 Å². The lowest BCUT2D eigenvalue weighted by molar-refractivity contribution is -0.134. The number of hydrogen-bond acceptors (Lipinski definition) is 5. The SMILES string of the molecule is O=C(O)C=CC(=O)O.O=C1OC(Cc2ccccc2Br)CN1C(CCN1CCCCC1)c1ccccc1. The van der Waals surface area contributed by atoms with E-state index in [1.807, 2.05) is 29.2 Å². The fourth-order valence-corrected chi connectivity index (χ4v) is 5.07. The van der Waals surface area contributed by atoms with Gasteiger partial charge in [0.15, 0.2) is 0 Å². The van der Waals surface area contributed by atoms with Crippen LogP contribution >= 0.6 is 15.9 Å². The van der Waals surface area contributed by atoms with E-state index in [1.165, 1.54) is 43.5 Å². The van der Waals surface area contributed by atoms with Crippen molar-refractivity contribution in [2.24, 2.45) is 0 Å². The van der Waals surface area contributed by atoms with Crippen LogP contribution in [0.3, 0.4) is 0 Å². The molecule has 2 aromatic carbocycles. The zero-order valence-electron chi connectivity index (χ0n) is 20.7. The van der Waals surface area contributed by atoms with Crippen LogP contribution in [-0.4, -0.2) is 70.3 Å². The average Bonchev–Trinajstić information content (AvgIpc) is 3.25. The number of likely N-dealkylation sites (tertiary alicyclic amines) is 1. The Labute approximate surface area is 225 Å². The number of carboxylic acids is 2. The van der Waals surface area contributed by atoms with Crippen molar-refractivity contribution >= 4 is 34.0 Å². The van der Waals surface area contributed by atoms with E-state index in [0.29, 0.717) is 18.7 Å². The van der Waals surface area contributed by atoms with E-state index in [0.717, 1.165) is 23.9 Å². The lowest BCUT2D eigenvalue weighted by Gasteiger charge is -2.31. The number of benzene rings is 2. The highest BCUT2D eigenvalue weighted by Crippen LogP contribution is 2.31. The maximum absolute atomic E-state index is 12.8. The van der Waals surface area contributed by atoms with Crippen LogP contribution in [0.5, 0.6) is 0 Å². The number of amides is 1. The van der Waals surface area contributed by atoms with Crippen molar-refractivity contribution in [3.63, 3.8) is 0 Å². The van der Waals surface area contributed by atoms with Crippen molar-refractivity contribution in [1.82, 2.24) is 9.80 Å². The first-order chi connectivity index (χ1) is 17.8. The lowest BCUT2D eigenvalue weighted by atomic mass is 10.0. The predicted octanol–water partition coefficient (Wildman–Crippen LogP) is 5.14. The summed E-state index contributed by atoms with van der Waals surface area (Å²) in [5, 5.41) is 15.6. The van der Waals surface area contributed by atoms with Crippen molar-refractivity contribution in [2.45, 2.75) is 44.2 Å². The molecule has 0 saturated carbocycles. The molecule has 2 aromatic rings. The minimum atomic E-state index is -1.26. The number of ether oxygens (including phenoxy) is 1. The molecule has 2 aliphatic rings. The van der Waals surface area contributed by atoms with Crippen molar-refractivity contribution in [3.05, 3.63) is 82.3 Å². The van der Waals surface area contributed by atoms with E-state index in [4.69, 9.17) is 14.9 Å².